The Kier molecular flexibility index (Phi) is 6.16. The number of carbonyl (C=O) groups excluding carboxylic acids is 2. The average Bonchev–Trinajstić information content (AvgIpc) is 3.16. The van der Waals surface area contributed by atoms with Crippen LogP contribution in [0.4, 0.5) is 15.2 Å². The normalized spacial score (nSPS) is 10.5. The van der Waals surface area contributed by atoms with Crippen molar-refractivity contribution in [2.45, 2.75) is 26.9 Å². The maximum atomic E-state index is 14.1. The van der Waals surface area contributed by atoms with Gasteiger partial charge in [0.15, 0.2) is 5.13 Å². The van der Waals surface area contributed by atoms with Gasteiger partial charge >= 0.3 is 5.97 Å². The highest BCUT2D eigenvalue weighted by Gasteiger charge is 2.21. The van der Waals surface area contributed by atoms with Crippen molar-refractivity contribution in [3.63, 3.8) is 0 Å². The minimum absolute atomic E-state index is 0.0339. The lowest BCUT2D eigenvalue weighted by Gasteiger charge is -2.18. The molecule has 5 nitrogen and oxygen atoms in total. The van der Waals surface area contributed by atoms with Crippen molar-refractivity contribution >= 4 is 34.0 Å². The SMILES string of the molecule is CCc1ccc(C(=O)OCc2csc(N(C(C)=O)c3ccccc3F)n2)cc1. The molecule has 0 radical (unpaired) electrons. The molecule has 0 aliphatic carbocycles. The molecule has 1 heterocycles. The summed E-state index contributed by atoms with van der Waals surface area (Å²) in [4.78, 5) is 29.7. The van der Waals surface area contributed by atoms with Gasteiger partial charge in [-0.1, -0.05) is 31.2 Å². The summed E-state index contributed by atoms with van der Waals surface area (Å²) >= 11 is 1.18. The number of rotatable bonds is 6. The highest BCUT2D eigenvalue weighted by Crippen LogP contribution is 2.30. The van der Waals surface area contributed by atoms with Gasteiger partial charge in [-0.2, -0.15) is 0 Å². The van der Waals surface area contributed by atoms with Crippen molar-refractivity contribution in [1.82, 2.24) is 4.98 Å². The topological polar surface area (TPSA) is 59.5 Å². The molecule has 2 aromatic carbocycles. The molecule has 3 rings (SSSR count). The second kappa shape index (κ2) is 8.75. The van der Waals surface area contributed by atoms with Gasteiger partial charge in [-0.15, -0.1) is 11.3 Å². The Labute approximate surface area is 166 Å². The number of hydrogen-bond acceptors (Lipinski definition) is 5. The molecule has 0 saturated carbocycles. The van der Waals surface area contributed by atoms with Gasteiger partial charge in [0.1, 0.15) is 12.4 Å². The van der Waals surface area contributed by atoms with Crippen molar-refractivity contribution in [1.29, 1.82) is 0 Å². The number of thiazole rings is 1. The number of nitrogens with zero attached hydrogens (tertiary/aromatic N) is 2. The van der Waals surface area contributed by atoms with E-state index in [0.717, 1.165) is 12.0 Å². The van der Waals surface area contributed by atoms with Gasteiger partial charge in [-0.25, -0.2) is 14.2 Å². The maximum absolute atomic E-state index is 14.1. The zero-order chi connectivity index (χ0) is 20.1. The van der Waals surface area contributed by atoms with E-state index in [9.17, 15) is 14.0 Å². The predicted molar refractivity (Wildman–Crippen MR) is 106 cm³/mol. The molecule has 3 aromatic rings. The zero-order valence-corrected chi connectivity index (χ0v) is 16.3. The van der Waals surface area contributed by atoms with Crippen molar-refractivity contribution in [2.75, 3.05) is 4.90 Å². The lowest BCUT2D eigenvalue weighted by atomic mass is 10.1. The van der Waals surface area contributed by atoms with Crippen molar-refractivity contribution in [3.05, 3.63) is 76.5 Å². The average molecular weight is 398 g/mol. The number of carbonyl (C=O) groups is 2. The molecular weight excluding hydrogens is 379 g/mol. The summed E-state index contributed by atoms with van der Waals surface area (Å²) in [6.07, 6.45) is 0.894. The van der Waals surface area contributed by atoms with E-state index in [1.165, 1.54) is 35.3 Å². The van der Waals surface area contributed by atoms with Gasteiger partial charge in [-0.3, -0.25) is 9.69 Å². The minimum atomic E-state index is -0.517. The van der Waals surface area contributed by atoms with Crippen molar-refractivity contribution in [3.8, 4) is 0 Å². The Bertz CT molecular complexity index is 985. The van der Waals surface area contributed by atoms with Crippen LogP contribution in [-0.2, 0) is 22.6 Å². The standard InChI is InChI=1S/C21H19FN2O3S/c1-3-15-8-10-16(11-9-15)20(26)27-12-17-13-28-21(23-17)24(14(2)25)19-7-5-4-6-18(19)22/h4-11,13H,3,12H2,1-2H3. The summed E-state index contributed by atoms with van der Waals surface area (Å²) in [5.74, 6) is -1.33. The Balaban J connectivity index is 1.71. The fourth-order valence-corrected chi connectivity index (χ4v) is 3.47. The van der Waals surface area contributed by atoms with E-state index in [4.69, 9.17) is 4.74 Å². The van der Waals surface area contributed by atoms with Gasteiger partial charge in [-0.05, 0) is 36.2 Å². The summed E-state index contributed by atoms with van der Waals surface area (Å²) in [5, 5.41) is 2.00. The van der Waals surface area contributed by atoms with Crippen LogP contribution in [0, 0.1) is 5.82 Å². The zero-order valence-electron chi connectivity index (χ0n) is 15.5. The smallest absolute Gasteiger partial charge is 0.338 e. The van der Waals surface area contributed by atoms with E-state index in [-0.39, 0.29) is 18.2 Å². The van der Waals surface area contributed by atoms with E-state index < -0.39 is 11.8 Å². The molecule has 28 heavy (non-hydrogen) atoms. The first-order chi connectivity index (χ1) is 13.5. The first kappa shape index (κ1) is 19.7. The van der Waals surface area contributed by atoms with E-state index in [1.54, 1.807) is 29.6 Å². The molecule has 0 spiro atoms. The highest BCUT2D eigenvalue weighted by molar-refractivity contribution is 7.14. The number of para-hydroxylation sites is 1. The summed E-state index contributed by atoms with van der Waals surface area (Å²) < 4.78 is 19.4. The summed E-state index contributed by atoms with van der Waals surface area (Å²) in [5.41, 5.74) is 2.22. The van der Waals surface area contributed by atoms with Crippen LogP contribution in [0.2, 0.25) is 0 Å². The molecule has 0 N–H and O–H groups in total. The summed E-state index contributed by atoms with van der Waals surface area (Å²) in [6, 6.07) is 13.2. The fraction of sp³-hybridized carbons (Fsp3) is 0.190. The third kappa shape index (κ3) is 4.43. The number of aryl methyl sites for hydroxylation is 1. The highest BCUT2D eigenvalue weighted by atomic mass is 32.1. The van der Waals surface area contributed by atoms with Crippen molar-refractivity contribution in [2.24, 2.45) is 0 Å². The molecule has 1 amide bonds. The number of esters is 1. The van der Waals surface area contributed by atoms with Crippen LogP contribution < -0.4 is 4.90 Å². The Hall–Kier alpha value is -3.06. The van der Waals surface area contributed by atoms with Crippen LogP contribution in [0.5, 0.6) is 0 Å². The van der Waals surface area contributed by atoms with Crippen LogP contribution in [0.25, 0.3) is 0 Å². The number of anilines is 2. The Morgan fingerprint density at radius 1 is 1.14 bits per heavy atom. The van der Waals surface area contributed by atoms with Crippen LogP contribution in [0.1, 0.15) is 35.5 Å². The molecule has 0 aliphatic heterocycles. The number of amides is 1. The van der Waals surface area contributed by atoms with Gasteiger partial charge in [0.2, 0.25) is 5.91 Å². The molecule has 1 aromatic heterocycles. The molecule has 0 aliphatic rings. The molecule has 0 saturated heterocycles. The maximum Gasteiger partial charge on any atom is 0.338 e. The third-order valence-corrected chi connectivity index (χ3v) is 4.96. The molecule has 0 unspecified atom stereocenters. The van der Waals surface area contributed by atoms with Crippen LogP contribution >= 0.6 is 11.3 Å². The summed E-state index contributed by atoms with van der Waals surface area (Å²) in [7, 11) is 0. The monoisotopic (exact) mass is 398 g/mol. The number of halogens is 1. The van der Waals surface area contributed by atoms with E-state index >= 15 is 0 Å². The largest absolute Gasteiger partial charge is 0.456 e. The third-order valence-electron chi connectivity index (χ3n) is 4.09. The molecule has 0 fully saturated rings. The number of ether oxygens (including phenoxy) is 1. The molecule has 0 bridgehead atoms. The fourth-order valence-electron chi connectivity index (χ4n) is 2.61. The first-order valence-electron chi connectivity index (χ1n) is 8.75. The lowest BCUT2D eigenvalue weighted by molar-refractivity contribution is -0.115. The Morgan fingerprint density at radius 2 is 1.86 bits per heavy atom. The van der Waals surface area contributed by atoms with E-state index in [1.807, 2.05) is 19.1 Å². The quantitative estimate of drug-likeness (QED) is 0.555. The number of hydrogen-bond donors (Lipinski definition) is 0. The van der Waals surface area contributed by atoms with Crippen LogP contribution in [0.3, 0.4) is 0 Å². The molecule has 7 heteroatoms. The van der Waals surface area contributed by atoms with E-state index in [2.05, 4.69) is 4.98 Å². The molecule has 0 atom stereocenters. The first-order valence-corrected chi connectivity index (χ1v) is 9.63. The van der Waals surface area contributed by atoms with Crippen LogP contribution in [-0.4, -0.2) is 16.9 Å². The Morgan fingerprint density at radius 3 is 2.50 bits per heavy atom. The van der Waals surface area contributed by atoms with Gasteiger partial charge in [0.05, 0.1) is 16.9 Å². The van der Waals surface area contributed by atoms with Gasteiger partial charge < -0.3 is 4.74 Å². The van der Waals surface area contributed by atoms with E-state index in [0.29, 0.717) is 16.4 Å². The van der Waals surface area contributed by atoms with Crippen LogP contribution in [0.15, 0.2) is 53.9 Å². The predicted octanol–water partition coefficient (Wildman–Crippen LogP) is 4.89. The summed E-state index contributed by atoms with van der Waals surface area (Å²) in [6.45, 7) is 3.35. The molecule has 144 valence electrons. The number of aromatic nitrogens is 1. The minimum Gasteiger partial charge on any atom is -0.456 e. The lowest BCUT2D eigenvalue weighted by Crippen LogP contribution is -2.23. The second-order valence-corrected chi connectivity index (χ2v) is 6.89. The van der Waals surface area contributed by atoms with Crippen molar-refractivity contribution < 1.29 is 18.7 Å². The number of benzene rings is 2. The van der Waals surface area contributed by atoms with Gasteiger partial charge in [0.25, 0.3) is 0 Å². The van der Waals surface area contributed by atoms with Gasteiger partial charge in [0, 0.05) is 12.3 Å². The molecular formula is C21H19FN2O3S. The second-order valence-electron chi connectivity index (χ2n) is 6.05.